The molecule has 0 saturated carbocycles. The maximum absolute atomic E-state index is 11.5. The molecule has 2 aromatic carbocycles. The number of hydrogen-bond acceptors (Lipinski definition) is 8. The molecule has 0 unspecified atom stereocenters. The van der Waals surface area contributed by atoms with Crippen LogP contribution < -0.4 is 9.47 Å². The number of methoxy groups -OCH3 is 2. The molecule has 0 aliphatic rings. The van der Waals surface area contributed by atoms with Crippen LogP contribution >= 0.6 is 0 Å². The molecule has 176 valence electrons. The number of phenols is 2. The molecule has 8 heteroatoms. The molecule has 0 amide bonds. The Kier molecular flexibility index (Phi) is 9.84. The summed E-state index contributed by atoms with van der Waals surface area (Å²) >= 11 is 0. The number of benzene rings is 2. The third-order valence-electron chi connectivity index (χ3n) is 4.94. The van der Waals surface area contributed by atoms with Crippen LogP contribution in [-0.4, -0.2) is 47.6 Å². The van der Waals surface area contributed by atoms with Crippen molar-refractivity contribution in [1.29, 1.82) is 0 Å². The third kappa shape index (κ3) is 7.37. The zero-order chi connectivity index (χ0) is 24.4. The molecule has 0 spiro atoms. The van der Waals surface area contributed by atoms with Crippen LogP contribution in [0.15, 0.2) is 48.5 Å². The van der Waals surface area contributed by atoms with Crippen molar-refractivity contribution in [3.05, 3.63) is 48.5 Å². The van der Waals surface area contributed by atoms with E-state index in [2.05, 4.69) is 9.47 Å². The van der Waals surface area contributed by atoms with E-state index in [1.54, 1.807) is 38.1 Å². The molecule has 2 N–H and O–H groups in total. The molecule has 0 heterocycles. The first-order valence-corrected chi connectivity index (χ1v) is 10.2. The van der Waals surface area contributed by atoms with E-state index in [0.29, 0.717) is 24.3 Å². The highest BCUT2D eigenvalue weighted by atomic mass is 16.6. The van der Waals surface area contributed by atoms with Crippen LogP contribution in [0.3, 0.4) is 0 Å². The highest BCUT2D eigenvalue weighted by Crippen LogP contribution is 2.25. The van der Waals surface area contributed by atoms with Gasteiger partial charge in [0.2, 0.25) is 11.2 Å². The van der Waals surface area contributed by atoms with Crippen molar-refractivity contribution in [2.75, 3.05) is 14.2 Å². The normalized spacial score (nSPS) is 13.9. The van der Waals surface area contributed by atoms with Gasteiger partial charge in [0.1, 0.15) is 23.0 Å². The van der Waals surface area contributed by atoms with Crippen molar-refractivity contribution in [1.82, 2.24) is 0 Å². The Bertz CT molecular complexity index is 789. The molecule has 0 aromatic heterocycles. The second-order valence-corrected chi connectivity index (χ2v) is 7.34. The van der Waals surface area contributed by atoms with Gasteiger partial charge in [0.15, 0.2) is 0 Å². The summed E-state index contributed by atoms with van der Waals surface area (Å²) in [7, 11) is 2.66. The molecule has 0 aliphatic carbocycles. The summed E-state index contributed by atoms with van der Waals surface area (Å²) < 4.78 is 20.5. The zero-order valence-corrected chi connectivity index (χ0v) is 19.4. The highest BCUT2D eigenvalue weighted by Gasteiger charge is 2.35. The van der Waals surface area contributed by atoms with E-state index in [0.717, 1.165) is 0 Å². The molecule has 0 saturated heterocycles. The lowest BCUT2D eigenvalue weighted by Gasteiger charge is -2.26. The predicted molar refractivity (Wildman–Crippen MR) is 119 cm³/mol. The Labute approximate surface area is 188 Å². The minimum Gasteiger partial charge on any atom is -0.508 e. The van der Waals surface area contributed by atoms with Gasteiger partial charge in [0.05, 0.1) is 14.2 Å². The summed E-state index contributed by atoms with van der Waals surface area (Å²) in [6.45, 7) is 7.03. The standard InChI is InChI=1S/2C12H16O4/c2*1-4-12(2,11(14)15-3)16-10-7-5-9(13)6-8-10/h2*5-8,13H,4H2,1-3H3/t2*12-/m10/s1. The first kappa shape index (κ1) is 26.6. The number of rotatable bonds is 8. The Morgan fingerprint density at radius 3 is 1.19 bits per heavy atom. The quantitative estimate of drug-likeness (QED) is 0.577. The van der Waals surface area contributed by atoms with Crippen molar-refractivity contribution in [3.63, 3.8) is 0 Å². The minimum absolute atomic E-state index is 0.156. The number of esters is 2. The second-order valence-electron chi connectivity index (χ2n) is 7.34. The Balaban J connectivity index is 0.000000320. The van der Waals surface area contributed by atoms with Gasteiger partial charge in [-0.25, -0.2) is 9.59 Å². The lowest BCUT2D eigenvalue weighted by atomic mass is 10.0. The monoisotopic (exact) mass is 448 g/mol. The smallest absolute Gasteiger partial charge is 0.349 e. The summed E-state index contributed by atoms with van der Waals surface area (Å²) in [4.78, 5) is 23.1. The molecule has 32 heavy (non-hydrogen) atoms. The van der Waals surface area contributed by atoms with E-state index in [1.807, 2.05) is 13.8 Å². The molecule has 0 fully saturated rings. The number of carbonyl (C=O) groups excluding carboxylic acids is 2. The number of aromatic hydroxyl groups is 2. The van der Waals surface area contributed by atoms with E-state index >= 15 is 0 Å². The topological polar surface area (TPSA) is 112 Å². The number of ether oxygens (including phenoxy) is 4. The van der Waals surface area contributed by atoms with Crippen LogP contribution in [0.25, 0.3) is 0 Å². The lowest BCUT2D eigenvalue weighted by Crippen LogP contribution is -2.41. The van der Waals surface area contributed by atoms with Gasteiger partial charge in [0, 0.05) is 0 Å². The van der Waals surface area contributed by atoms with Crippen molar-refractivity contribution >= 4 is 11.9 Å². The summed E-state index contributed by atoms with van der Waals surface area (Å²) in [5.41, 5.74) is -1.99. The van der Waals surface area contributed by atoms with Crippen molar-refractivity contribution < 1.29 is 38.7 Å². The van der Waals surface area contributed by atoms with Crippen LogP contribution in [0.4, 0.5) is 0 Å². The molecular formula is C24H32O8. The number of hydrogen-bond donors (Lipinski definition) is 2. The molecule has 0 bridgehead atoms. The molecule has 2 rings (SSSR count). The van der Waals surface area contributed by atoms with Gasteiger partial charge < -0.3 is 29.2 Å². The van der Waals surface area contributed by atoms with E-state index in [1.165, 1.54) is 38.5 Å². The molecule has 0 aliphatic heterocycles. The van der Waals surface area contributed by atoms with E-state index in [-0.39, 0.29) is 11.5 Å². The summed E-state index contributed by atoms with van der Waals surface area (Å²) in [6.07, 6.45) is 1.00. The highest BCUT2D eigenvalue weighted by molar-refractivity contribution is 5.79. The van der Waals surface area contributed by atoms with Crippen molar-refractivity contribution in [2.45, 2.75) is 51.7 Å². The largest absolute Gasteiger partial charge is 0.508 e. The Morgan fingerprint density at radius 1 is 0.688 bits per heavy atom. The predicted octanol–water partition coefficient (Wildman–Crippen LogP) is 4.23. The van der Waals surface area contributed by atoms with Crippen LogP contribution in [0.2, 0.25) is 0 Å². The van der Waals surface area contributed by atoms with Gasteiger partial charge in [-0.15, -0.1) is 0 Å². The second kappa shape index (κ2) is 11.8. The van der Waals surface area contributed by atoms with Crippen LogP contribution in [-0.2, 0) is 19.1 Å². The van der Waals surface area contributed by atoms with Gasteiger partial charge in [-0.3, -0.25) is 0 Å². The maximum Gasteiger partial charge on any atom is 0.349 e. The van der Waals surface area contributed by atoms with Gasteiger partial charge in [-0.2, -0.15) is 0 Å². The number of carbonyl (C=O) groups is 2. The fourth-order valence-electron chi connectivity index (χ4n) is 2.50. The zero-order valence-electron chi connectivity index (χ0n) is 19.4. The molecule has 8 nitrogen and oxygen atoms in total. The lowest BCUT2D eigenvalue weighted by molar-refractivity contribution is -0.158. The molecular weight excluding hydrogens is 416 g/mol. The van der Waals surface area contributed by atoms with E-state index < -0.39 is 23.1 Å². The van der Waals surface area contributed by atoms with Crippen molar-refractivity contribution in [3.8, 4) is 23.0 Å². The van der Waals surface area contributed by atoms with Crippen molar-refractivity contribution in [2.24, 2.45) is 0 Å². The Morgan fingerprint density at radius 2 is 0.969 bits per heavy atom. The number of phenolic OH excluding ortho intramolecular Hbond substituents is 2. The molecule has 0 radical (unpaired) electrons. The van der Waals surface area contributed by atoms with E-state index in [9.17, 15) is 9.59 Å². The first-order valence-electron chi connectivity index (χ1n) is 10.2. The molecule has 2 aromatic rings. The summed E-state index contributed by atoms with van der Waals surface area (Å²) in [5.74, 6) is 0.526. The molecule has 2 atom stereocenters. The minimum atomic E-state index is -0.994. The fraction of sp³-hybridized carbons (Fsp3) is 0.417. The van der Waals surface area contributed by atoms with Crippen LogP contribution in [0.5, 0.6) is 23.0 Å². The average molecular weight is 449 g/mol. The Hall–Kier alpha value is -3.42. The van der Waals surface area contributed by atoms with Gasteiger partial charge >= 0.3 is 11.9 Å². The van der Waals surface area contributed by atoms with Crippen LogP contribution in [0, 0.1) is 0 Å². The van der Waals surface area contributed by atoms with Gasteiger partial charge in [0.25, 0.3) is 0 Å². The summed E-state index contributed by atoms with van der Waals surface area (Å²) in [5, 5.41) is 18.2. The maximum atomic E-state index is 11.5. The SMILES string of the molecule is CC[C@@](C)(Oc1ccc(O)cc1)C(=O)OC.CC[C@](C)(Oc1ccc(O)cc1)C(=O)OC. The average Bonchev–Trinajstić information content (AvgIpc) is 2.81. The third-order valence-corrected chi connectivity index (χ3v) is 4.94. The summed E-state index contributed by atoms with van der Waals surface area (Å²) in [6, 6.07) is 12.4. The van der Waals surface area contributed by atoms with Crippen LogP contribution in [0.1, 0.15) is 40.5 Å². The first-order chi connectivity index (χ1) is 15.0. The van der Waals surface area contributed by atoms with Gasteiger partial charge in [-0.05, 0) is 75.2 Å². The van der Waals surface area contributed by atoms with Gasteiger partial charge in [-0.1, -0.05) is 13.8 Å². The fourth-order valence-corrected chi connectivity index (χ4v) is 2.50. The van der Waals surface area contributed by atoms with E-state index in [4.69, 9.17) is 19.7 Å².